The smallest absolute Gasteiger partial charge is 0.319 e. The summed E-state index contributed by atoms with van der Waals surface area (Å²) in [7, 11) is 0. The van der Waals surface area contributed by atoms with E-state index in [1.54, 1.807) is 24.3 Å². The van der Waals surface area contributed by atoms with Crippen molar-refractivity contribution in [3.05, 3.63) is 29.8 Å². The van der Waals surface area contributed by atoms with Gasteiger partial charge in [0.25, 0.3) is 0 Å². The first-order chi connectivity index (χ1) is 8.82. The van der Waals surface area contributed by atoms with E-state index >= 15 is 0 Å². The van der Waals surface area contributed by atoms with Crippen molar-refractivity contribution in [3.8, 4) is 0 Å². The summed E-state index contributed by atoms with van der Waals surface area (Å²) >= 11 is 0. The number of rotatable bonds is 5. The highest BCUT2D eigenvalue weighted by Gasteiger charge is 2.17. The molecule has 0 saturated heterocycles. The summed E-state index contributed by atoms with van der Waals surface area (Å²) in [6.45, 7) is 5.87. The van der Waals surface area contributed by atoms with Crippen molar-refractivity contribution in [2.24, 2.45) is 0 Å². The first kappa shape index (κ1) is 15.0. The number of benzene rings is 1. The van der Waals surface area contributed by atoms with Crippen LogP contribution >= 0.6 is 0 Å². The van der Waals surface area contributed by atoms with Gasteiger partial charge in [-0.25, -0.2) is 4.79 Å². The molecular weight excluding hydrogens is 244 g/mol. The normalized spacial score (nSPS) is 10.9. The van der Waals surface area contributed by atoms with Gasteiger partial charge >= 0.3 is 12.0 Å². The molecule has 0 fully saturated rings. The van der Waals surface area contributed by atoms with Gasteiger partial charge < -0.3 is 15.7 Å². The van der Waals surface area contributed by atoms with E-state index in [4.69, 9.17) is 5.11 Å². The second-order valence-electron chi connectivity index (χ2n) is 5.09. The Labute approximate surface area is 113 Å². The second kappa shape index (κ2) is 6.22. The summed E-state index contributed by atoms with van der Waals surface area (Å²) in [6, 6.07) is 6.53. The minimum atomic E-state index is -0.895. The van der Waals surface area contributed by atoms with Crippen molar-refractivity contribution >= 4 is 17.7 Å². The predicted octanol–water partition coefficient (Wildman–Crippen LogP) is 2.62. The molecule has 0 aliphatic rings. The summed E-state index contributed by atoms with van der Waals surface area (Å²) in [6.07, 6.45) is 0.761. The molecule has 5 nitrogen and oxygen atoms in total. The first-order valence-corrected chi connectivity index (χ1v) is 6.22. The Balaban J connectivity index is 2.67. The van der Waals surface area contributed by atoms with Gasteiger partial charge in [-0.05, 0) is 38.0 Å². The quantitative estimate of drug-likeness (QED) is 0.765. The van der Waals surface area contributed by atoms with Gasteiger partial charge in [0, 0.05) is 11.2 Å². The Morgan fingerprint density at radius 1 is 1.32 bits per heavy atom. The zero-order valence-electron chi connectivity index (χ0n) is 11.5. The van der Waals surface area contributed by atoms with Gasteiger partial charge in [-0.3, -0.25) is 4.79 Å². The highest BCUT2D eigenvalue weighted by atomic mass is 16.4. The fourth-order valence-corrected chi connectivity index (χ4v) is 1.49. The molecule has 0 spiro atoms. The van der Waals surface area contributed by atoms with Crippen LogP contribution in [-0.2, 0) is 11.2 Å². The summed E-state index contributed by atoms with van der Waals surface area (Å²) in [4.78, 5) is 22.4. The first-order valence-electron chi connectivity index (χ1n) is 6.22. The number of hydrogen-bond donors (Lipinski definition) is 3. The molecule has 3 N–H and O–H groups in total. The summed E-state index contributed by atoms with van der Waals surface area (Å²) in [5, 5.41) is 14.3. The van der Waals surface area contributed by atoms with Gasteiger partial charge in [-0.1, -0.05) is 19.1 Å². The van der Waals surface area contributed by atoms with Crippen molar-refractivity contribution in [2.45, 2.75) is 39.2 Å². The summed E-state index contributed by atoms with van der Waals surface area (Å²) in [5.74, 6) is -0.895. The number of urea groups is 1. The molecule has 5 heteroatoms. The molecule has 0 unspecified atom stereocenters. The van der Waals surface area contributed by atoms with Gasteiger partial charge in [0.2, 0.25) is 0 Å². The van der Waals surface area contributed by atoms with E-state index in [0.717, 1.165) is 6.42 Å². The average Bonchev–Trinajstić information content (AvgIpc) is 2.27. The number of carbonyl (C=O) groups excluding carboxylic acids is 1. The second-order valence-corrected chi connectivity index (χ2v) is 5.09. The van der Waals surface area contributed by atoms with E-state index in [-0.39, 0.29) is 18.0 Å². The van der Waals surface area contributed by atoms with Gasteiger partial charge in [0.05, 0.1) is 6.42 Å². The number of hydrogen-bond acceptors (Lipinski definition) is 2. The van der Waals surface area contributed by atoms with Crippen LogP contribution in [0, 0.1) is 0 Å². The minimum absolute atomic E-state index is 0.0579. The Morgan fingerprint density at radius 2 is 2.00 bits per heavy atom. The average molecular weight is 264 g/mol. The number of aliphatic carboxylic acids is 1. The molecule has 1 rings (SSSR count). The van der Waals surface area contributed by atoms with E-state index in [9.17, 15) is 9.59 Å². The monoisotopic (exact) mass is 264 g/mol. The lowest BCUT2D eigenvalue weighted by Gasteiger charge is -2.24. The fourth-order valence-electron chi connectivity index (χ4n) is 1.49. The molecule has 0 aromatic heterocycles. The van der Waals surface area contributed by atoms with E-state index in [1.807, 2.05) is 20.8 Å². The lowest BCUT2D eigenvalue weighted by Crippen LogP contribution is -2.45. The van der Waals surface area contributed by atoms with Crippen molar-refractivity contribution in [3.63, 3.8) is 0 Å². The van der Waals surface area contributed by atoms with Crippen LogP contribution < -0.4 is 10.6 Å². The maximum Gasteiger partial charge on any atom is 0.319 e. The number of carbonyl (C=O) groups is 2. The zero-order valence-corrected chi connectivity index (χ0v) is 11.5. The van der Waals surface area contributed by atoms with Crippen LogP contribution in [0.3, 0.4) is 0 Å². The number of nitrogens with one attached hydrogen (secondary N) is 2. The third-order valence-electron chi connectivity index (χ3n) is 2.88. The fraction of sp³-hybridized carbons (Fsp3) is 0.429. The maximum absolute atomic E-state index is 11.8. The highest BCUT2D eigenvalue weighted by Crippen LogP contribution is 2.12. The number of amides is 2. The molecule has 0 aliphatic carbocycles. The van der Waals surface area contributed by atoms with E-state index in [1.165, 1.54) is 0 Å². The SMILES string of the molecule is CCC(C)(C)NC(=O)Nc1cccc(CC(=O)O)c1. The topological polar surface area (TPSA) is 78.4 Å². The third-order valence-corrected chi connectivity index (χ3v) is 2.88. The Kier molecular flexibility index (Phi) is 4.92. The third kappa shape index (κ3) is 5.42. The Hall–Kier alpha value is -2.04. The van der Waals surface area contributed by atoms with Crippen LogP contribution in [0.2, 0.25) is 0 Å². The molecule has 0 atom stereocenters. The van der Waals surface area contributed by atoms with Crippen LogP contribution in [0.25, 0.3) is 0 Å². The highest BCUT2D eigenvalue weighted by molar-refractivity contribution is 5.89. The van der Waals surface area contributed by atoms with Crippen LogP contribution in [0.1, 0.15) is 32.8 Å². The molecule has 1 aromatic carbocycles. The van der Waals surface area contributed by atoms with Crippen molar-refractivity contribution in [2.75, 3.05) is 5.32 Å². The van der Waals surface area contributed by atoms with Crippen molar-refractivity contribution in [1.82, 2.24) is 5.32 Å². The molecule has 0 aliphatic heterocycles. The number of anilines is 1. The van der Waals surface area contributed by atoms with E-state index in [0.29, 0.717) is 11.3 Å². The lowest BCUT2D eigenvalue weighted by molar-refractivity contribution is -0.136. The largest absolute Gasteiger partial charge is 0.481 e. The van der Waals surface area contributed by atoms with Crippen LogP contribution in [0.4, 0.5) is 10.5 Å². The molecule has 0 saturated carbocycles. The molecule has 1 aromatic rings. The van der Waals surface area contributed by atoms with Gasteiger partial charge in [-0.2, -0.15) is 0 Å². The standard InChI is InChI=1S/C14H20N2O3/c1-4-14(2,3)16-13(19)15-11-7-5-6-10(8-11)9-12(17)18/h5-8H,4,9H2,1-3H3,(H,17,18)(H2,15,16,19). The molecule has 19 heavy (non-hydrogen) atoms. The van der Waals surface area contributed by atoms with E-state index < -0.39 is 5.97 Å². The summed E-state index contributed by atoms with van der Waals surface area (Å²) < 4.78 is 0. The van der Waals surface area contributed by atoms with Gasteiger partial charge in [0.15, 0.2) is 0 Å². The zero-order chi connectivity index (χ0) is 14.5. The van der Waals surface area contributed by atoms with Gasteiger partial charge in [0.1, 0.15) is 0 Å². The molecule has 2 amide bonds. The molecule has 0 heterocycles. The minimum Gasteiger partial charge on any atom is -0.481 e. The van der Waals surface area contributed by atoms with E-state index in [2.05, 4.69) is 10.6 Å². The number of carboxylic acids is 1. The lowest BCUT2D eigenvalue weighted by atomic mass is 10.0. The van der Waals surface area contributed by atoms with Gasteiger partial charge in [-0.15, -0.1) is 0 Å². The Morgan fingerprint density at radius 3 is 2.58 bits per heavy atom. The van der Waals surface area contributed by atoms with Crippen molar-refractivity contribution in [1.29, 1.82) is 0 Å². The van der Waals surface area contributed by atoms with Crippen LogP contribution in [-0.4, -0.2) is 22.6 Å². The molecular formula is C14H20N2O3. The molecule has 0 radical (unpaired) electrons. The Bertz CT molecular complexity index is 470. The van der Waals surface area contributed by atoms with Crippen molar-refractivity contribution < 1.29 is 14.7 Å². The molecule has 104 valence electrons. The van der Waals surface area contributed by atoms with Crippen LogP contribution in [0.5, 0.6) is 0 Å². The summed E-state index contributed by atoms with van der Waals surface area (Å²) in [5.41, 5.74) is 0.964. The number of carboxylic acid groups (broad SMARTS) is 1. The predicted molar refractivity (Wildman–Crippen MR) is 74.3 cm³/mol. The maximum atomic E-state index is 11.8. The van der Waals surface area contributed by atoms with Crippen LogP contribution in [0.15, 0.2) is 24.3 Å². The molecule has 0 bridgehead atoms.